The van der Waals surface area contributed by atoms with Crippen LogP contribution in [0.3, 0.4) is 0 Å². The van der Waals surface area contributed by atoms with Gasteiger partial charge < -0.3 is 10.1 Å². The number of ether oxygens (including phenoxy) is 1. The van der Waals surface area contributed by atoms with E-state index in [0.717, 1.165) is 31.2 Å². The Morgan fingerprint density at radius 2 is 2.42 bits per heavy atom. The van der Waals surface area contributed by atoms with E-state index < -0.39 is 0 Å². The van der Waals surface area contributed by atoms with E-state index in [2.05, 4.69) is 35.4 Å². The van der Waals surface area contributed by atoms with Crippen molar-refractivity contribution in [1.29, 1.82) is 0 Å². The van der Waals surface area contributed by atoms with Crippen LogP contribution < -0.4 is 5.32 Å². The first-order valence-corrected chi connectivity index (χ1v) is 7.51. The molecule has 0 amide bonds. The van der Waals surface area contributed by atoms with Gasteiger partial charge in [0.25, 0.3) is 0 Å². The van der Waals surface area contributed by atoms with E-state index >= 15 is 0 Å². The van der Waals surface area contributed by atoms with Gasteiger partial charge in [-0.25, -0.2) is 4.98 Å². The van der Waals surface area contributed by atoms with E-state index in [-0.39, 0.29) is 0 Å². The van der Waals surface area contributed by atoms with Crippen molar-refractivity contribution in [2.75, 3.05) is 19.8 Å². The van der Waals surface area contributed by atoms with Crippen LogP contribution in [0.15, 0.2) is 29.8 Å². The number of aromatic nitrogens is 1. The molecular formula is C15H18N2OS. The monoisotopic (exact) mass is 274 g/mol. The summed E-state index contributed by atoms with van der Waals surface area (Å²) in [6, 6.07) is 7.10. The van der Waals surface area contributed by atoms with Crippen LogP contribution in [0.25, 0.3) is 10.6 Å². The maximum absolute atomic E-state index is 5.51. The summed E-state index contributed by atoms with van der Waals surface area (Å²) in [5.41, 5.74) is 3.88. The highest BCUT2D eigenvalue weighted by molar-refractivity contribution is 7.13. The molecule has 0 unspecified atom stereocenters. The van der Waals surface area contributed by atoms with Crippen molar-refractivity contribution in [2.45, 2.75) is 19.4 Å². The van der Waals surface area contributed by atoms with Gasteiger partial charge >= 0.3 is 0 Å². The molecule has 0 bridgehead atoms. The maximum atomic E-state index is 5.51. The second-order valence-corrected chi connectivity index (χ2v) is 5.81. The number of morpholine rings is 1. The van der Waals surface area contributed by atoms with Crippen LogP contribution in [0.4, 0.5) is 0 Å². The first-order chi connectivity index (χ1) is 9.33. The molecular weight excluding hydrogens is 256 g/mol. The molecule has 0 saturated carbocycles. The Balaban J connectivity index is 1.81. The first kappa shape index (κ1) is 12.8. The Morgan fingerprint density at radius 1 is 1.47 bits per heavy atom. The van der Waals surface area contributed by atoms with Crippen LogP contribution in [-0.4, -0.2) is 30.8 Å². The average Bonchev–Trinajstić information content (AvgIpc) is 2.96. The van der Waals surface area contributed by atoms with Gasteiger partial charge in [-0.05, 0) is 30.5 Å². The lowest BCUT2D eigenvalue weighted by molar-refractivity contribution is 0.0770. The molecule has 19 heavy (non-hydrogen) atoms. The molecule has 2 heterocycles. The Morgan fingerprint density at radius 3 is 3.16 bits per heavy atom. The van der Waals surface area contributed by atoms with Gasteiger partial charge in [0.1, 0.15) is 5.01 Å². The van der Waals surface area contributed by atoms with Gasteiger partial charge in [-0.15, -0.1) is 11.3 Å². The molecule has 0 spiro atoms. The minimum atomic E-state index is 0.431. The Hall–Kier alpha value is -1.23. The van der Waals surface area contributed by atoms with Crippen molar-refractivity contribution < 1.29 is 4.74 Å². The second kappa shape index (κ2) is 5.82. The molecule has 4 heteroatoms. The summed E-state index contributed by atoms with van der Waals surface area (Å²) in [4.78, 5) is 4.41. The zero-order valence-electron chi connectivity index (χ0n) is 11.1. The van der Waals surface area contributed by atoms with Crippen LogP contribution in [0.1, 0.15) is 11.1 Å². The van der Waals surface area contributed by atoms with E-state index in [4.69, 9.17) is 4.74 Å². The van der Waals surface area contributed by atoms with Crippen molar-refractivity contribution in [3.8, 4) is 10.6 Å². The zero-order valence-corrected chi connectivity index (χ0v) is 11.9. The predicted octanol–water partition coefficient (Wildman–Crippen LogP) is 2.65. The van der Waals surface area contributed by atoms with Crippen molar-refractivity contribution in [2.24, 2.45) is 0 Å². The predicted molar refractivity (Wildman–Crippen MR) is 78.6 cm³/mol. The largest absolute Gasteiger partial charge is 0.379 e. The highest BCUT2D eigenvalue weighted by atomic mass is 32.1. The fourth-order valence-electron chi connectivity index (χ4n) is 2.42. The van der Waals surface area contributed by atoms with Crippen LogP contribution in [0, 0.1) is 6.92 Å². The van der Waals surface area contributed by atoms with E-state index in [1.54, 1.807) is 11.3 Å². The third kappa shape index (κ3) is 3.03. The van der Waals surface area contributed by atoms with Crippen LogP contribution in [0.2, 0.25) is 0 Å². The summed E-state index contributed by atoms with van der Waals surface area (Å²) >= 11 is 1.69. The van der Waals surface area contributed by atoms with Gasteiger partial charge in [0.2, 0.25) is 0 Å². The van der Waals surface area contributed by atoms with Crippen molar-refractivity contribution in [3.63, 3.8) is 0 Å². The lowest BCUT2D eigenvalue weighted by Crippen LogP contribution is -2.42. The Bertz CT molecular complexity index is 533. The van der Waals surface area contributed by atoms with Gasteiger partial charge in [0.15, 0.2) is 0 Å². The van der Waals surface area contributed by atoms with Crippen LogP contribution in [0.5, 0.6) is 0 Å². The number of nitrogens with zero attached hydrogens (tertiary/aromatic N) is 1. The summed E-state index contributed by atoms with van der Waals surface area (Å²) in [6.07, 6.45) is 2.88. The average molecular weight is 274 g/mol. The molecule has 1 N–H and O–H groups in total. The number of nitrogens with one attached hydrogen (secondary N) is 1. The molecule has 3 nitrogen and oxygen atoms in total. The van der Waals surface area contributed by atoms with E-state index in [9.17, 15) is 0 Å². The molecule has 1 aliphatic rings. The van der Waals surface area contributed by atoms with Gasteiger partial charge in [-0.2, -0.15) is 0 Å². The molecule has 1 fully saturated rings. The molecule has 1 aliphatic heterocycles. The molecule has 1 saturated heterocycles. The normalized spacial score (nSPS) is 19.5. The molecule has 3 rings (SSSR count). The number of benzene rings is 1. The van der Waals surface area contributed by atoms with Crippen molar-refractivity contribution >= 4 is 11.3 Å². The number of hydrogen-bond acceptors (Lipinski definition) is 4. The summed E-state index contributed by atoms with van der Waals surface area (Å²) in [5, 5.41) is 6.63. The summed E-state index contributed by atoms with van der Waals surface area (Å²) in [7, 11) is 0. The fraction of sp³-hybridized carbons (Fsp3) is 0.400. The highest BCUT2D eigenvalue weighted by Crippen LogP contribution is 2.26. The standard InChI is InChI=1S/C15H18N2OS/c1-11-2-3-12(8-13-10-18-6-4-16-13)9-14(11)15-17-5-7-19-15/h2-3,5,7,9,13,16H,4,6,8,10H2,1H3/t13-/m1/s1. The topological polar surface area (TPSA) is 34.1 Å². The van der Waals surface area contributed by atoms with Crippen LogP contribution >= 0.6 is 11.3 Å². The Labute approximate surface area is 117 Å². The smallest absolute Gasteiger partial charge is 0.123 e. The molecule has 0 aliphatic carbocycles. The lowest BCUT2D eigenvalue weighted by atomic mass is 10.0. The van der Waals surface area contributed by atoms with Gasteiger partial charge in [-0.3, -0.25) is 0 Å². The third-order valence-electron chi connectivity index (χ3n) is 3.45. The molecule has 0 radical (unpaired) electrons. The van der Waals surface area contributed by atoms with E-state index in [0.29, 0.717) is 6.04 Å². The summed E-state index contributed by atoms with van der Waals surface area (Å²) in [5.74, 6) is 0. The molecule has 1 atom stereocenters. The number of rotatable bonds is 3. The highest BCUT2D eigenvalue weighted by Gasteiger charge is 2.14. The van der Waals surface area contributed by atoms with Crippen molar-refractivity contribution in [3.05, 3.63) is 40.9 Å². The molecule has 2 aromatic rings. The Kier molecular flexibility index (Phi) is 3.92. The lowest BCUT2D eigenvalue weighted by Gasteiger charge is -2.24. The number of hydrogen-bond donors (Lipinski definition) is 1. The minimum absolute atomic E-state index is 0.431. The zero-order chi connectivity index (χ0) is 13.1. The summed E-state index contributed by atoms with van der Waals surface area (Å²) < 4.78 is 5.51. The van der Waals surface area contributed by atoms with E-state index in [1.807, 2.05) is 11.6 Å². The van der Waals surface area contributed by atoms with Crippen LogP contribution in [-0.2, 0) is 11.2 Å². The van der Waals surface area contributed by atoms with Gasteiger partial charge in [0, 0.05) is 29.7 Å². The number of thiazole rings is 1. The van der Waals surface area contributed by atoms with E-state index in [1.165, 1.54) is 16.7 Å². The van der Waals surface area contributed by atoms with Gasteiger partial charge in [-0.1, -0.05) is 12.1 Å². The SMILES string of the molecule is Cc1ccc(C[C@@H]2COCCN2)cc1-c1nccs1. The van der Waals surface area contributed by atoms with Crippen molar-refractivity contribution in [1.82, 2.24) is 10.3 Å². The molecule has 100 valence electrons. The number of aryl methyl sites for hydroxylation is 1. The van der Waals surface area contributed by atoms with Gasteiger partial charge in [0.05, 0.1) is 13.2 Å². The fourth-order valence-corrected chi connectivity index (χ4v) is 3.14. The minimum Gasteiger partial charge on any atom is -0.379 e. The quantitative estimate of drug-likeness (QED) is 0.934. The summed E-state index contributed by atoms with van der Waals surface area (Å²) in [6.45, 7) is 4.73. The first-order valence-electron chi connectivity index (χ1n) is 6.63. The molecule has 1 aromatic heterocycles. The third-order valence-corrected chi connectivity index (χ3v) is 4.25. The second-order valence-electron chi connectivity index (χ2n) is 4.92. The molecule has 1 aromatic carbocycles. The maximum Gasteiger partial charge on any atom is 0.123 e.